The van der Waals surface area contributed by atoms with Gasteiger partial charge in [-0.05, 0) is 26.2 Å². The lowest BCUT2D eigenvalue weighted by atomic mass is 10.2. The van der Waals surface area contributed by atoms with Crippen LogP contribution in [-0.2, 0) is 14.4 Å². The topological polar surface area (TPSA) is 75.3 Å². The molecule has 0 unspecified atom stereocenters. The smallest absolute Gasteiger partial charge is 0.227 e. The number of carbonyl (C=O) groups is 3. The van der Waals surface area contributed by atoms with E-state index >= 15 is 0 Å². The van der Waals surface area contributed by atoms with Crippen molar-refractivity contribution in [2.24, 2.45) is 0 Å². The predicted molar refractivity (Wildman–Crippen MR) is 58.7 cm³/mol. The third-order valence-corrected chi connectivity index (χ3v) is 2.25. The maximum absolute atomic E-state index is 11.2. The van der Waals surface area contributed by atoms with Crippen molar-refractivity contribution in [2.75, 3.05) is 6.54 Å². The van der Waals surface area contributed by atoms with Gasteiger partial charge in [-0.25, -0.2) is 0 Å². The van der Waals surface area contributed by atoms with Crippen LogP contribution in [-0.4, -0.2) is 30.2 Å². The lowest BCUT2D eigenvalue weighted by Crippen LogP contribution is -2.29. The van der Waals surface area contributed by atoms with Gasteiger partial charge in [-0.15, -0.1) is 0 Å². The third kappa shape index (κ3) is 6.16. The fourth-order valence-corrected chi connectivity index (χ4v) is 1.29. The molecule has 0 aliphatic heterocycles. The normalized spacial score (nSPS) is 14.3. The van der Waals surface area contributed by atoms with Crippen LogP contribution >= 0.6 is 0 Å². The van der Waals surface area contributed by atoms with Crippen LogP contribution in [0.3, 0.4) is 0 Å². The van der Waals surface area contributed by atoms with Crippen molar-refractivity contribution in [1.29, 1.82) is 0 Å². The summed E-state index contributed by atoms with van der Waals surface area (Å²) >= 11 is 0. The van der Waals surface area contributed by atoms with Crippen LogP contribution in [0.25, 0.3) is 0 Å². The number of amides is 2. The highest BCUT2D eigenvalue weighted by atomic mass is 16.2. The van der Waals surface area contributed by atoms with Crippen LogP contribution in [0.1, 0.15) is 39.0 Å². The second kappa shape index (κ2) is 6.25. The standard InChI is InChI=1S/C11H18N2O3/c1-8(14)7-11(16)12-6-2-3-10(15)13-9-4-5-9/h9H,2-7H2,1H3,(H,12,16)(H,13,15). The van der Waals surface area contributed by atoms with Gasteiger partial charge in [0.2, 0.25) is 11.8 Å². The summed E-state index contributed by atoms with van der Waals surface area (Å²) in [4.78, 5) is 32.9. The summed E-state index contributed by atoms with van der Waals surface area (Å²) in [6.07, 6.45) is 3.13. The summed E-state index contributed by atoms with van der Waals surface area (Å²) in [6, 6.07) is 0.389. The summed E-state index contributed by atoms with van der Waals surface area (Å²) in [5, 5.41) is 5.47. The van der Waals surface area contributed by atoms with Crippen molar-refractivity contribution in [3.05, 3.63) is 0 Å². The Labute approximate surface area is 95.0 Å². The number of ketones is 1. The minimum Gasteiger partial charge on any atom is -0.356 e. The first-order valence-electron chi connectivity index (χ1n) is 5.63. The van der Waals surface area contributed by atoms with Crippen LogP contribution < -0.4 is 10.6 Å². The average Bonchev–Trinajstić information content (AvgIpc) is 2.95. The first-order chi connectivity index (χ1) is 7.58. The molecule has 0 saturated heterocycles. The second-order valence-electron chi connectivity index (χ2n) is 4.17. The molecule has 0 aromatic carbocycles. The van der Waals surface area contributed by atoms with E-state index in [-0.39, 0.29) is 24.0 Å². The van der Waals surface area contributed by atoms with Gasteiger partial charge in [0.1, 0.15) is 5.78 Å². The SMILES string of the molecule is CC(=O)CC(=O)NCCCC(=O)NC1CC1. The summed E-state index contributed by atoms with van der Waals surface area (Å²) in [7, 11) is 0. The zero-order valence-electron chi connectivity index (χ0n) is 9.54. The van der Waals surface area contributed by atoms with E-state index in [0.717, 1.165) is 12.8 Å². The number of hydrogen-bond donors (Lipinski definition) is 2. The van der Waals surface area contributed by atoms with Gasteiger partial charge >= 0.3 is 0 Å². The molecule has 1 aliphatic carbocycles. The van der Waals surface area contributed by atoms with Crippen molar-refractivity contribution >= 4 is 17.6 Å². The van der Waals surface area contributed by atoms with Gasteiger partial charge in [-0.3, -0.25) is 14.4 Å². The van der Waals surface area contributed by atoms with E-state index in [4.69, 9.17) is 0 Å². The Bertz CT molecular complexity index is 285. The van der Waals surface area contributed by atoms with Crippen molar-refractivity contribution in [3.8, 4) is 0 Å². The minimum atomic E-state index is -0.268. The number of rotatable bonds is 7. The van der Waals surface area contributed by atoms with E-state index in [1.165, 1.54) is 6.92 Å². The van der Waals surface area contributed by atoms with Crippen LogP contribution in [0.2, 0.25) is 0 Å². The van der Waals surface area contributed by atoms with E-state index in [2.05, 4.69) is 10.6 Å². The second-order valence-corrected chi connectivity index (χ2v) is 4.17. The molecule has 2 amide bonds. The Hall–Kier alpha value is -1.39. The zero-order valence-corrected chi connectivity index (χ0v) is 9.54. The molecule has 0 radical (unpaired) electrons. The molecule has 0 bridgehead atoms. The highest BCUT2D eigenvalue weighted by Crippen LogP contribution is 2.18. The molecule has 1 fully saturated rings. The van der Waals surface area contributed by atoms with Crippen LogP contribution in [0, 0.1) is 0 Å². The molecule has 5 heteroatoms. The number of hydrogen-bond acceptors (Lipinski definition) is 3. The van der Waals surface area contributed by atoms with Gasteiger partial charge < -0.3 is 10.6 Å². The van der Waals surface area contributed by atoms with Crippen molar-refractivity contribution < 1.29 is 14.4 Å². The van der Waals surface area contributed by atoms with Gasteiger partial charge in [-0.1, -0.05) is 0 Å². The molecule has 1 aliphatic rings. The average molecular weight is 226 g/mol. The molecular weight excluding hydrogens is 208 g/mol. The maximum Gasteiger partial charge on any atom is 0.227 e. The van der Waals surface area contributed by atoms with Crippen molar-refractivity contribution in [2.45, 2.75) is 45.1 Å². The monoisotopic (exact) mass is 226 g/mol. The van der Waals surface area contributed by atoms with E-state index in [1.807, 2.05) is 0 Å². The highest BCUT2D eigenvalue weighted by Gasteiger charge is 2.22. The van der Waals surface area contributed by atoms with Gasteiger partial charge in [0.15, 0.2) is 0 Å². The van der Waals surface area contributed by atoms with Crippen LogP contribution in [0.5, 0.6) is 0 Å². The number of nitrogens with one attached hydrogen (secondary N) is 2. The lowest BCUT2D eigenvalue weighted by molar-refractivity contribution is -0.127. The third-order valence-electron chi connectivity index (χ3n) is 2.25. The maximum atomic E-state index is 11.2. The molecule has 0 spiro atoms. The Morgan fingerprint density at radius 3 is 2.44 bits per heavy atom. The Balaban J connectivity index is 1.95. The molecule has 2 N–H and O–H groups in total. The van der Waals surface area contributed by atoms with E-state index in [9.17, 15) is 14.4 Å². The summed E-state index contributed by atoms with van der Waals surface area (Å²) in [5.41, 5.74) is 0. The largest absolute Gasteiger partial charge is 0.356 e. The molecule has 0 aromatic heterocycles. The lowest BCUT2D eigenvalue weighted by Gasteiger charge is -2.04. The van der Waals surface area contributed by atoms with Gasteiger partial charge in [0.25, 0.3) is 0 Å². The minimum absolute atomic E-state index is 0.0447. The summed E-state index contributed by atoms with van der Waals surface area (Å²) < 4.78 is 0. The highest BCUT2D eigenvalue weighted by molar-refractivity contribution is 5.96. The molecule has 5 nitrogen and oxygen atoms in total. The number of carbonyl (C=O) groups excluding carboxylic acids is 3. The van der Waals surface area contributed by atoms with Gasteiger partial charge in [-0.2, -0.15) is 0 Å². The van der Waals surface area contributed by atoms with E-state index in [0.29, 0.717) is 25.4 Å². The van der Waals surface area contributed by atoms with Crippen molar-refractivity contribution in [3.63, 3.8) is 0 Å². The molecule has 90 valence electrons. The predicted octanol–water partition coefficient (Wildman–Crippen LogP) is 0.140. The Morgan fingerprint density at radius 1 is 1.19 bits per heavy atom. The molecule has 0 atom stereocenters. The fourth-order valence-electron chi connectivity index (χ4n) is 1.29. The van der Waals surface area contributed by atoms with Crippen LogP contribution in [0.4, 0.5) is 0 Å². The quantitative estimate of drug-likeness (QED) is 0.479. The van der Waals surface area contributed by atoms with Gasteiger partial charge in [0, 0.05) is 19.0 Å². The summed E-state index contributed by atoms with van der Waals surface area (Å²) in [6.45, 7) is 1.83. The molecule has 1 saturated carbocycles. The molecule has 16 heavy (non-hydrogen) atoms. The van der Waals surface area contributed by atoms with E-state index < -0.39 is 0 Å². The summed E-state index contributed by atoms with van der Waals surface area (Å²) in [5.74, 6) is -0.373. The molecule has 0 heterocycles. The van der Waals surface area contributed by atoms with Gasteiger partial charge in [0.05, 0.1) is 6.42 Å². The first-order valence-corrected chi connectivity index (χ1v) is 5.63. The Morgan fingerprint density at radius 2 is 1.88 bits per heavy atom. The Kier molecular flexibility index (Phi) is 4.95. The van der Waals surface area contributed by atoms with Crippen LogP contribution in [0.15, 0.2) is 0 Å². The fraction of sp³-hybridized carbons (Fsp3) is 0.727. The first kappa shape index (κ1) is 12.7. The van der Waals surface area contributed by atoms with Crippen molar-refractivity contribution in [1.82, 2.24) is 10.6 Å². The molecular formula is C11H18N2O3. The molecule has 1 rings (SSSR count). The molecule has 0 aromatic rings. The zero-order chi connectivity index (χ0) is 12.0. The van der Waals surface area contributed by atoms with E-state index in [1.54, 1.807) is 0 Å². The number of Topliss-reactive ketones (excluding diaryl/α,β-unsaturated/α-hetero) is 1.